The van der Waals surface area contributed by atoms with E-state index in [0.717, 1.165) is 50.1 Å². The van der Waals surface area contributed by atoms with Gasteiger partial charge in [-0.2, -0.15) is 0 Å². The molecular formula is C56H39NO. The topological polar surface area (TPSA) is 16.4 Å². The van der Waals surface area contributed by atoms with E-state index >= 15 is 0 Å². The average molecular weight is 742 g/mol. The van der Waals surface area contributed by atoms with Crippen molar-refractivity contribution in [1.29, 1.82) is 0 Å². The summed E-state index contributed by atoms with van der Waals surface area (Å²) >= 11 is 0. The van der Waals surface area contributed by atoms with Crippen LogP contribution >= 0.6 is 0 Å². The number of rotatable bonds is 7. The lowest BCUT2D eigenvalue weighted by Gasteiger charge is -2.29. The van der Waals surface area contributed by atoms with E-state index in [-0.39, 0.29) is 5.41 Å². The first-order valence-corrected chi connectivity index (χ1v) is 20.0. The van der Waals surface area contributed by atoms with E-state index in [0.29, 0.717) is 0 Å². The molecule has 0 N–H and O–H groups in total. The number of benzene rings is 9. The van der Waals surface area contributed by atoms with E-state index in [1.807, 2.05) is 0 Å². The Morgan fingerprint density at radius 1 is 0.362 bits per heavy atom. The minimum Gasteiger partial charge on any atom is -0.456 e. The van der Waals surface area contributed by atoms with Crippen LogP contribution < -0.4 is 4.90 Å². The maximum absolute atomic E-state index is 6.91. The Kier molecular flexibility index (Phi) is 7.97. The minimum absolute atomic E-state index is 0.382. The van der Waals surface area contributed by atoms with Gasteiger partial charge < -0.3 is 9.32 Å². The molecule has 1 heterocycles. The first kappa shape index (κ1) is 33.9. The molecule has 0 amide bonds. The molecule has 0 spiro atoms. The third kappa shape index (κ3) is 5.41. The van der Waals surface area contributed by atoms with Crippen LogP contribution in [0.1, 0.15) is 23.6 Å². The van der Waals surface area contributed by atoms with Crippen molar-refractivity contribution >= 4 is 39.0 Å². The lowest BCUT2D eigenvalue weighted by molar-refractivity contribution is 0.638. The fourth-order valence-electron chi connectivity index (χ4n) is 9.33. The third-order valence-electron chi connectivity index (χ3n) is 12.2. The molecule has 274 valence electrons. The maximum atomic E-state index is 6.91. The van der Waals surface area contributed by atoms with Gasteiger partial charge in [0.1, 0.15) is 11.2 Å². The molecule has 0 radical (unpaired) electrons. The Morgan fingerprint density at radius 2 is 0.879 bits per heavy atom. The van der Waals surface area contributed by atoms with Crippen LogP contribution in [0.4, 0.5) is 17.1 Å². The molecule has 0 saturated heterocycles. The van der Waals surface area contributed by atoms with E-state index in [1.54, 1.807) is 0 Å². The Bertz CT molecular complexity index is 3060. The smallest absolute Gasteiger partial charge is 0.140 e. The summed E-state index contributed by atoms with van der Waals surface area (Å²) in [4.78, 5) is 2.35. The molecule has 2 heteroatoms. The van der Waals surface area contributed by atoms with Crippen LogP contribution in [0.3, 0.4) is 0 Å². The summed E-state index contributed by atoms with van der Waals surface area (Å²) in [6.45, 7) is 2.36. The van der Waals surface area contributed by atoms with Gasteiger partial charge in [0.05, 0.1) is 0 Å². The molecule has 58 heavy (non-hydrogen) atoms. The Morgan fingerprint density at radius 3 is 1.53 bits per heavy atom. The first-order valence-electron chi connectivity index (χ1n) is 20.0. The highest BCUT2D eigenvalue weighted by Gasteiger charge is 2.42. The molecule has 1 aliphatic rings. The van der Waals surface area contributed by atoms with Gasteiger partial charge in [0.25, 0.3) is 0 Å². The molecule has 1 aliphatic carbocycles. The Labute approximate surface area is 338 Å². The van der Waals surface area contributed by atoms with E-state index in [4.69, 9.17) is 4.42 Å². The predicted octanol–water partition coefficient (Wildman–Crippen LogP) is 15.4. The van der Waals surface area contributed by atoms with Gasteiger partial charge in [-0.1, -0.05) is 176 Å². The molecule has 1 aromatic heterocycles. The second kappa shape index (κ2) is 13.7. The van der Waals surface area contributed by atoms with Gasteiger partial charge in [-0.25, -0.2) is 0 Å². The number of nitrogens with zero attached hydrogens (tertiary/aromatic N) is 1. The second-order valence-electron chi connectivity index (χ2n) is 15.4. The van der Waals surface area contributed by atoms with Crippen LogP contribution in [0.5, 0.6) is 0 Å². The number of para-hydroxylation sites is 1. The highest BCUT2D eigenvalue weighted by atomic mass is 16.3. The normalized spacial score (nSPS) is 12.7. The van der Waals surface area contributed by atoms with Gasteiger partial charge in [-0.15, -0.1) is 0 Å². The van der Waals surface area contributed by atoms with Gasteiger partial charge in [-0.05, 0) is 105 Å². The summed E-state index contributed by atoms with van der Waals surface area (Å²) in [7, 11) is 0. The van der Waals surface area contributed by atoms with Crippen molar-refractivity contribution in [1.82, 2.24) is 0 Å². The van der Waals surface area contributed by atoms with Crippen molar-refractivity contribution in [2.24, 2.45) is 0 Å². The zero-order chi connectivity index (χ0) is 38.6. The van der Waals surface area contributed by atoms with Gasteiger partial charge >= 0.3 is 0 Å². The maximum Gasteiger partial charge on any atom is 0.140 e. The number of hydrogen-bond donors (Lipinski definition) is 0. The molecule has 0 fully saturated rings. The lowest BCUT2D eigenvalue weighted by Crippen LogP contribution is -2.22. The molecule has 0 atom stereocenters. The van der Waals surface area contributed by atoms with Crippen LogP contribution in [0, 0.1) is 0 Å². The summed E-state index contributed by atoms with van der Waals surface area (Å²) in [6.07, 6.45) is 0. The fourth-order valence-corrected chi connectivity index (χ4v) is 9.33. The highest BCUT2D eigenvalue weighted by molar-refractivity contribution is 6.14. The SMILES string of the molecule is CC1(c2ccc(-c3ccc(N(c4ccc(-c5ccccc5)cc4)c4cccc(-c5ccccc5)c4)cc3)c3c2oc2ccccc23)c2ccccc2-c2ccccc21. The third-order valence-corrected chi connectivity index (χ3v) is 12.2. The molecular weight excluding hydrogens is 703 g/mol. The molecule has 0 aliphatic heterocycles. The molecule has 0 bridgehead atoms. The summed E-state index contributed by atoms with van der Waals surface area (Å²) in [5, 5.41) is 2.27. The average Bonchev–Trinajstić information content (AvgIpc) is 3.81. The second-order valence-corrected chi connectivity index (χ2v) is 15.4. The van der Waals surface area contributed by atoms with Crippen molar-refractivity contribution in [2.45, 2.75) is 12.3 Å². The standard InChI is InChI=1S/C56H39NO/c1-56(50-24-11-8-21-47(50)48-22-9-12-25-51(48)56)52-36-35-46(54-49-23-10-13-26-53(49)58-55(52)54)41-29-33-44(34-30-41)57(43-31-27-40(28-32-43)38-15-4-2-5-16-38)45-20-14-19-42(37-45)39-17-6-3-7-18-39/h2-37H,1H3. The lowest BCUT2D eigenvalue weighted by atomic mass is 9.73. The first-order chi connectivity index (χ1) is 28.6. The van der Waals surface area contributed by atoms with Gasteiger partial charge in [0, 0.05) is 38.8 Å². The van der Waals surface area contributed by atoms with Gasteiger partial charge in [0.15, 0.2) is 0 Å². The number of fused-ring (bicyclic) bond motifs is 6. The van der Waals surface area contributed by atoms with Crippen molar-refractivity contribution < 1.29 is 4.42 Å². The molecule has 0 unspecified atom stereocenters. The number of hydrogen-bond acceptors (Lipinski definition) is 2. The zero-order valence-corrected chi connectivity index (χ0v) is 32.1. The summed E-state index contributed by atoms with van der Waals surface area (Å²) in [5.74, 6) is 0. The van der Waals surface area contributed by atoms with Crippen molar-refractivity contribution in [2.75, 3.05) is 4.90 Å². The molecule has 0 saturated carbocycles. The fraction of sp³-hybridized carbons (Fsp3) is 0.0357. The Balaban J connectivity index is 1.05. The van der Waals surface area contributed by atoms with Gasteiger partial charge in [0.2, 0.25) is 0 Å². The van der Waals surface area contributed by atoms with Crippen molar-refractivity contribution in [3.8, 4) is 44.5 Å². The summed E-state index contributed by atoms with van der Waals surface area (Å²) < 4.78 is 6.91. The van der Waals surface area contributed by atoms with Crippen molar-refractivity contribution in [3.63, 3.8) is 0 Å². The van der Waals surface area contributed by atoms with Gasteiger partial charge in [-0.3, -0.25) is 0 Å². The zero-order valence-electron chi connectivity index (χ0n) is 32.1. The van der Waals surface area contributed by atoms with E-state index in [1.165, 1.54) is 50.1 Å². The van der Waals surface area contributed by atoms with Crippen LogP contribution in [0.15, 0.2) is 223 Å². The predicted molar refractivity (Wildman–Crippen MR) is 242 cm³/mol. The monoisotopic (exact) mass is 741 g/mol. The number of anilines is 3. The van der Waals surface area contributed by atoms with E-state index in [2.05, 4.69) is 230 Å². The summed E-state index contributed by atoms with van der Waals surface area (Å²) in [6, 6.07) is 78.7. The van der Waals surface area contributed by atoms with Crippen molar-refractivity contribution in [3.05, 3.63) is 235 Å². The van der Waals surface area contributed by atoms with E-state index in [9.17, 15) is 0 Å². The number of furan rings is 1. The summed E-state index contributed by atoms with van der Waals surface area (Å²) in [5.41, 5.74) is 18.2. The van der Waals surface area contributed by atoms with Crippen LogP contribution in [0.25, 0.3) is 66.4 Å². The largest absolute Gasteiger partial charge is 0.456 e. The van der Waals surface area contributed by atoms with Crippen LogP contribution in [0.2, 0.25) is 0 Å². The Hall–Kier alpha value is -7.42. The van der Waals surface area contributed by atoms with Crippen LogP contribution in [-0.2, 0) is 5.41 Å². The highest BCUT2D eigenvalue weighted by Crippen LogP contribution is 2.55. The van der Waals surface area contributed by atoms with Crippen LogP contribution in [-0.4, -0.2) is 0 Å². The van der Waals surface area contributed by atoms with E-state index < -0.39 is 0 Å². The molecule has 2 nitrogen and oxygen atoms in total. The minimum atomic E-state index is -0.382. The molecule has 11 rings (SSSR count). The molecule has 9 aromatic carbocycles. The quantitative estimate of drug-likeness (QED) is 0.162. The molecule has 10 aromatic rings.